The molecule has 0 unspecified atom stereocenters. The highest BCUT2D eigenvalue weighted by molar-refractivity contribution is 14.0. The number of aliphatic imine (C=N–C) groups is 1. The van der Waals surface area contributed by atoms with E-state index in [4.69, 9.17) is 0 Å². The molecule has 0 amide bonds. The smallest absolute Gasteiger partial charge is 0.191 e. The summed E-state index contributed by atoms with van der Waals surface area (Å²) in [6.45, 7) is 0.844. The standard InChI is InChI=1S/C16H23N5.HI/c1-17-16(20-13-6-2-3-7-13)18-10-9-14-12-21-11-5-4-8-15(21)19-14;/h4-5,8,11-13H,2-3,6-7,9-10H2,1H3,(H2,17,18,20);1H. The summed E-state index contributed by atoms with van der Waals surface area (Å²) in [7, 11) is 1.83. The van der Waals surface area contributed by atoms with Crippen LogP contribution >= 0.6 is 24.0 Å². The summed E-state index contributed by atoms with van der Waals surface area (Å²) in [6, 6.07) is 6.64. The Morgan fingerprint density at radius 2 is 2.18 bits per heavy atom. The van der Waals surface area contributed by atoms with Crippen molar-refractivity contribution in [3.05, 3.63) is 36.3 Å². The van der Waals surface area contributed by atoms with Crippen LogP contribution < -0.4 is 10.6 Å². The molecule has 6 heteroatoms. The third kappa shape index (κ3) is 4.34. The van der Waals surface area contributed by atoms with Crippen molar-refractivity contribution in [1.29, 1.82) is 0 Å². The Balaban J connectivity index is 0.00000176. The van der Waals surface area contributed by atoms with Crippen molar-refractivity contribution >= 4 is 35.6 Å². The molecule has 2 aromatic heterocycles. The predicted octanol–water partition coefficient (Wildman–Crippen LogP) is 2.60. The molecular formula is C16H24IN5. The maximum absolute atomic E-state index is 4.60. The molecular weight excluding hydrogens is 389 g/mol. The predicted molar refractivity (Wildman–Crippen MR) is 101 cm³/mol. The van der Waals surface area contributed by atoms with E-state index in [1.165, 1.54) is 25.7 Å². The summed E-state index contributed by atoms with van der Waals surface area (Å²) in [5.41, 5.74) is 2.10. The molecule has 22 heavy (non-hydrogen) atoms. The first kappa shape index (κ1) is 17.1. The lowest BCUT2D eigenvalue weighted by atomic mass is 10.2. The molecule has 1 aliphatic rings. The van der Waals surface area contributed by atoms with Crippen LogP contribution in [0.4, 0.5) is 0 Å². The summed E-state index contributed by atoms with van der Waals surface area (Å²) in [5, 5.41) is 6.87. The fraction of sp³-hybridized carbons (Fsp3) is 0.500. The molecule has 1 fully saturated rings. The molecule has 0 saturated heterocycles. The van der Waals surface area contributed by atoms with Crippen LogP contribution in [0.1, 0.15) is 31.4 Å². The number of guanidine groups is 1. The van der Waals surface area contributed by atoms with Gasteiger partial charge in [0.05, 0.1) is 5.69 Å². The van der Waals surface area contributed by atoms with E-state index < -0.39 is 0 Å². The molecule has 1 saturated carbocycles. The van der Waals surface area contributed by atoms with Crippen molar-refractivity contribution < 1.29 is 0 Å². The first-order valence-electron chi connectivity index (χ1n) is 7.75. The van der Waals surface area contributed by atoms with E-state index in [0.29, 0.717) is 6.04 Å². The third-order valence-corrected chi connectivity index (χ3v) is 4.01. The second kappa shape index (κ2) is 8.36. The van der Waals surface area contributed by atoms with Gasteiger partial charge >= 0.3 is 0 Å². The summed E-state index contributed by atoms with van der Waals surface area (Å²) < 4.78 is 2.06. The molecule has 0 aromatic carbocycles. The zero-order valence-corrected chi connectivity index (χ0v) is 15.3. The molecule has 5 nitrogen and oxygen atoms in total. The lowest BCUT2D eigenvalue weighted by Crippen LogP contribution is -2.43. The molecule has 0 aliphatic heterocycles. The number of nitrogens with one attached hydrogen (secondary N) is 2. The minimum Gasteiger partial charge on any atom is -0.356 e. The van der Waals surface area contributed by atoms with Crippen molar-refractivity contribution in [2.75, 3.05) is 13.6 Å². The van der Waals surface area contributed by atoms with Gasteiger partial charge in [-0.05, 0) is 25.0 Å². The van der Waals surface area contributed by atoms with Gasteiger partial charge in [-0.3, -0.25) is 4.99 Å². The van der Waals surface area contributed by atoms with Crippen molar-refractivity contribution in [2.45, 2.75) is 38.1 Å². The van der Waals surface area contributed by atoms with E-state index in [2.05, 4.69) is 31.2 Å². The summed E-state index contributed by atoms with van der Waals surface area (Å²) >= 11 is 0. The van der Waals surface area contributed by atoms with Gasteiger partial charge in [0.25, 0.3) is 0 Å². The lowest BCUT2D eigenvalue weighted by molar-refractivity contribution is 0.613. The van der Waals surface area contributed by atoms with Gasteiger partial charge in [0.15, 0.2) is 5.96 Å². The molecule has 2 heterocycles. The summed E-state index contributed by atoms with van der Waals surface area (Å²) in [6.07, 6.45) is 10.2. The second-order valence-corrected chi connectivity index (χ2v) is 5.57. The average Bonchev–Trinajstić information content (AvgIpc) is 3.14. The third-order valence-electron chi connectivity index (χ3n) is 4.01. The number of fused-ring (bicyclic) bond motifs is 1. The zero-order chi connectivity index (χ0) is 14.5. The zero-order valence-electron chi connectivity index (χ0n) is 13.0. The number of aromatic nitrogens is 2. The molecule has 0 radical (unpaired) electrons. The van der Waals surface area contributed by atoms with Gasteiger partial charge in [-0.1, -0.05) is 18.9 Å². The molecule has 120 valence electrons. The number of pyridine rings is 1. The monoisotopic (exact) mass is 413 g/mol. The number of nitrogens with zero attached hydrogens (tertiary/aromatic N) is 3. The quantitative estimate of drug-likeness (QED) is 0.461. The minimum absolute atomic E-state index is 0. The van der Waals surface area contributed by atoms with Crippen LogP contribution in [0.2, 0.25) is 0 Å². The Hall–Kier alpha value is -1.31. The largest absolute Gasteiger partial charge is 0.356 e. The molecule has 2 N–H and O–H groups in total. The van der Waals surface area contributed by atoms with Gasteiger partial charge in [-0.15, -0.1) is 24.0 Å². The average molecular weight is 413 g/mol. The highest BCUT2D eigenvalue weighted by Gasteiger charge is 2.15. The fourth-order valence-corrected chi connectivity index (χ4v) is 2.87. The van der Waals surface area contributed by atoms with Crippen molar-refractivity contribution in [3.8, 4) is 0 Å². The second-order valence-electron chi connectivity index (χ2n) is 5.57. The van der Waals surface area contributed by atoms with Crippen LogP contribution in [0.3, 0.4) is 0 Å². The Morgan fingerprint density at radius 3 is 2.91 bits per heavy atom. The van der Waals surface area contributed by atoms with Gasteiger partial charge in [-0.2, -0.15) is 0 Å². The Kier molecular flexibility index (Phi) is 6.48. The van der Waals surface area contributed by atoms with Crippen molar-refractivity contribution in [1.82, 2.24) is 20.0 Å². The molecule has 3 rings (SSSR count). The topological polar surface area (TPSA) is 53.7 Å². The van der Waals surface area contributed by atoms with Crippen LogP contribution in [0, 0.1) is 0 Å². The van der Waals surface area contributed by atoms with Crippen LogP contribution in [-0.4, -0.2) is 35.0 Å². The van der Waals surface area contributed by atoms with Crippen molar-refractivity contribution in [3.63, 3.8) is 0 Å². The highest BCUT2D eigenvalue weighted by atomic mass is 127. The van der Waals surface area contributed by atoms with Gasteiger partial charge in [0.2, 0.25) is 0 Å². The number of hydrogen-bond donors (Lipinski definition) is 2. The summed E-state index contributed by atoms with van der Waals surface area (Å²) in [5.74, 6) is 0.908. The molecule has 0 atom stereocenters. The van der Waals surface area contributed by atoms with E-state index in [1.54, 1.807) is 0 Å². The molecule has 1 aliphatic carbocycles. The van der Waals surface area contributed by atoms with Gasteiger partial charge in [-0.25, -0.2) is 4.98 Å². The number of hydrogen-bond acceptors (Lipinski definition) is 2. The minimum atomic E-state index is 0. The SMILES string of the molecule is CN=C(NCCc1cn2ccccc2n1)NC1CCCC1.I. The normalized spacial score (nSPS) is 15.8. The van der Waals surface area contributed by atoms with Crippen molar-refractivity contribution in [2.24, 2.45) is 4.99 Å². The van der Waals surface area contributed by atoms with Crippen LogP contribution in [0.5, 0.6) is 0 Å². The van der Waals surface area contributed by atoms with Crippen LogP contribution in [-0.2, 0) is 6.42 Å². The van der Waals surface area contributed by atoms with E-state index in [9.17, 15) is 0 Å². The maximum atomic E-state index is 4.60. The van der Waals surface area contributed by atoms with Gasteiger partial charge in [0.1, 0.15) is 5.65 Å². The molecule has 0 spiro atoms. The van der Waals surface area contributed by atoms with E-state index in [1.807, 2.05) is 31.4 Å². The first-order valence-corrected chi connectivity index (χ1v) is 7.75. The summed E-state index contributed by atoms with van der Waals surface area (Å²) in [4.78, 5) is 8.90. The number of imidazole rings is 1. The van der Waals surface area contributed by atoms with Gasteiger partial charge in [0, 0.05) is 38.4 Å². The lowest BCUT2D eigenvalue weighted by Gasteiger charge is -2.16. The molecule has 0 bridgehead atoms. The molecule has 2 aromatic rings. The first-order chi connectivity index (χ1) is 10.3. The maximum Gasteiger partial charge on any atom is 0.191 e. The Labute approximate surface area is 148 Å². The Bertz CT molecular complexity index is 583. The van der Waals surface area contributed by atoms with E-state index >= 15 is 0 Å². The fourth-order valence-electron chi connectivity index (χ4n) is 2.87. The Morgan fingerprint density at radius 1 is 1.36 bits per heavy atom. The highest BCUT2D eigenvalue weighted by Crippen LogP contribution is 2.17. The van der Waals surface area contributed by atoms with Crippen LogP contribution in [0.15, 0.2) is 35.6 Å². The number of halogens is 1. The number of rotatable bonds is 4. The van der Waals surface area contributed by atoms with Gasteiger partial charge < -0.3 is 15.0 Å². The van der Waals surface area contributed by atoms with Crippen LogP contribution in [0.25, 0.3) is 5.65 Å². The van der Waals surface area contributed by atoms with E-state index in [-0.39, 0.29) is 24.0 Å². The van der Waals surface area contributed by atoms with E-state index in [0.717, 1.165) is 30.3 Å².